The number of fused-ring (bicyclic) bond motifs is 1. The molecule has 3 rings (SSSR count). The molecule has 1 heterocycles. The van der Waals surface area contributed by atoms with Crippen LogP contribution in [0.15, 0.2) is 47.4 Å². The molecule has 0 unspecified atom stereocenters. The number of nitrogens with zero attached hydrogens (tertiary/aromatic N) is 1. The molecule has 0 radical (unpaired) electrons. The molecule has 6 nitrogen and oxygen atoms in total. The van der Waals surface area contributed by atoms with Gasteiger partial charge < -0.3 is 0 Å². The van der Waals surface area contributed by atoms with E-state index in [0.717, 1.165) is 11.1 Å². The first kappa shape index (κ1) is 16.9. The van der Waals surface area contributed by atoms with Gasteiger partial charge in [-0.2, -0.15) is 0 Å². The Morgan fingerprint density at radius 3 is 2.67 bits per heavy atom. The zero-order chi connectivity index (χ0) is 17.5. The summed E-state index contributed by atoms with van der Waals surface area (Å²) in [7, 11) is -4.00. The number of rotatable bonds is 3. The van der Waals surface area contributed by atoms with Crippen LogP contribution in [-0.2, 0) is 16.6 Å². The van der Waals surface area contributed by atoms with Gasteiger partial charge >= 0.3 is 0 Å². The van der Waals surface area contributed by atoms with Crippen molar-refractivity contribution in [3.05, 3.63) is 64.2 Å². The van der Waals surface area contributed by atoms with Crippen LogP contribution in [-0.4, -0.2) is 19.3 Å². The topological polar surface area (TPSA) is 92.5 Å². The largest absolute Gasteiger partial charge is 0.284 e. The van der Waals surface area contributed by atoms with Gasteiger partial charge in [-0.1, -0.05) is 35.9 Å². The molecule has 8 heteroatoms. The summed E-state index contributed by atoms with van der Waals surface area (Å²) in [6.45, 7) is 2.57. The molecular formula is C16H16ClN3O3S. The summed E-state index contributed by atoms with van der Waals surface area (Å²) in [5.74, 6) is -0.420. The number of amides is 1. The van der Waals surface area contributed by atoms with E-state index in [0.29, 0.717) is 6.54 Å². The molecule has 1 atom stereocenters. The van der Waals surface area contributed by atoms with E-state index in [4.69, 9.17) is 16.7 Å². The van der Waals surface area contributed by atoms with Crippen LogP contribution in [0.4, 0.5) is 0 Å². The monoisotopic (exact) mass is 365 g/mol. The van der Waals surface area contributed by atoms with Crippen LogP contribution in [0.5, 0.6) is 0 Å². The molecule has 0 saturated heterocycles. The molecule has 0 spiro atoms. The van der Waals surface area contributed by atoms with E-state index in [1.807, 2.05) is 31.2 Å². The molecule has 1 amide bonds. The Labute approximate surface area is 145 Å². The SMILES string of the molecule is C[C@@H]1c2ccccc2CN1NC(=O)c1ccc(Cl)c(S(N)(=O)=O)c1. The van der Waals surface area contributed by atoms with Crippen LogP contribution in [0.3, 0.4) is 0 Å². The Balaban J connectivity index is 1.82. The first-order chi connectivity index (χ1) is 11.3. The van der Waals surface area contributed by atoms with Crippen molar-refractivity contribution in [1.29, 1.82) is 0 Å². The van der Waals surface area contributed by atoms with Crippen LogP contribution in [0.25, 0.3) is 0 Å². The quantitative estimate of drug-likeness (QED) is 0.872. The summed E-state index contributed by atoms with van der Waals surface area (Å²) in [5.41, 5.74) is 5.28. The molecule has 126 valence electrons. The number of hydrogen-bond donors (Lipinski definition) is 2. The minimum absolute atomic E-state index is 0.0176. The Kier molecular flexibility index (Phi) is 4.35. The van der Waals surface area contributed by atoms with Gasteiger partial charge in [0, 0.05) is 12.1 Å². The van der Waals surface area contributed by atoms with Gasteiger partial charge in [0.2, 0.25) is 10.0 Å². The highest BCUT2D eigenvalue weighted by Gasteiger charge is 2.28. The van der Waals surface area contributed by atoms with Crippen LogP contribution >= 0.6 is 11.6 Å². The molecule has 0 fully saturated rings. The number of hydrogen-bond acceptors (Lipinski definition) is 4. The fourth-order valence-corrected chi connectivity index (χ4v) is 3.84. The van der Waals surface area contributed by atoms with Crippen LogP contribution in [0.1, 0.15) is 34.5 Å². The number of primary sulfonamides is 1. The Morgan fingerprint density at radius 1 is 1.29 bits per heavy atom. The smallest absolute Gasteiger partial charge is 0.265 e. The number of nitrogens with two attached hydrogens (primary N) is 1. The van der Waals surface area contributed by atoms with Crippen LogP contribution in [0.2, 0.25) is 5.02 Å². The highest BCUT2D eigenvalue weighted by atomic mass is 35.5. The second-order valence-electron chi connectivity index (χ2n) is 5.63. The molecule has 2 aromatic rings. The van der Waals surface area contributed by atoms with Crippen molar-refractivity contribution in [2.24, 2.45) is 5.14 Å². The van der Waals surface area contributed by atoms with E-state index in [9.17, 15) is 13.2 Å². The molecule has 0 aromatic heterocycles. The van der Waals surface area contributed by atoms with Gasteiger partial charge in [-0.25, -0.2) is 18.6 Å². The summed E-state index contributed by atoms with van der Waals surface area (Å²) in [6, 6.07) is 12.0. The highest BCUT2D eigenvalue weighted by Crippen LogP contribution is 2.31. The maximum absolute atomic E-state index is 12.5. The Hall–Kier alpha value is -1.93. The van der Waals surface area contributed by atoms with Crippen molar-refractivity contribution in [1.82, 2.24) is 10.4 Å². The molecule has 0 aliphatic carbocycles. The molecular weight excluding hydrogens is 350 g/mol. The molecule has 24 heavy (non-hydrogen) atoms. The molecule has 3 N–H and O–H groups in total. The summed E-state index contributed by atoms with van der Waals surface area (Å²) in [5, 5.41) is 6.90. The van der Waals surface area contributed by atoms with E-state index >= 15 is 0 Å². The maximum Gasteiger partial charge on any atom is 0.265 e. The van der Waals surface area contributed by atoms with Gasteiger partial charge in [0.15, 0.2) is 0 Å². The van der Waals surface area contributed by atoms with Crippen molar-refractivity contribution >= 4 is 27.5 Å². The van der Waals surface area contributed by atoms with Crippen molar-refractivity contribution in [2.45, 2.75) is 24.4 Å². The maximum atomic E-state index is 12.5. The van der Waals surface area contributed by atoms with Crippen molar-refractivity contribution in [3.63, 3.8) is 0 Å². The van der Waals surface area contributed by atoms with Crippen LogP contribution < -0.4 is 10.6 Å². The van der Waals surface area contributed by atoms with Crippen molar-refractivity contribution in [2.75, 3.05) is 0 Å². The minimum atomic E-state index is -4.00. The minimum Gasteiger partial charge on any atom is -0.284 e. The third kappa shape index (κ3) is 3.16. The van der Waals surface area contributed by atoms with E-state index in [1.165, 1.54) is 18.2 Å². The molecule has 0 bridgehead atoms. The van der Waals surface area contributed by atoms with Gasteiger partial charge in [-0.05, 0) is 36.2 Å². The number of nitrogens with one attached hydrogen (secondary N) is 1. The van der Waals surface area contributed by atoms with Gasteiger partial charge in [0.25, 0.3) is 5.91 Å². The van der Waals surface area contributed by atoms with E-state index < -0.39 is 15.9 Å². The predicted octanol–water partition coefficient (Wildman–Crippen LogP) is 2.21. The summed E-state index contributed by atoms with van der Waals surface area (Å²) < 4.78 is 23.1. The molecule has 2 aromatic carbocycles. The lowest BCUT2D eigenvalue weighted by Crippen LogP contribution is -2.40. The standard InChI is InChI=1S/C16H16ClN3O3S/c1-10-13-5-3-2-4-12(13)9-20(10)19-16(21)11-6-7-14(17)15(8-11)24(18,22)23/h2-8,10H,9H2,1H3,(H,19,21)(H2,18,22,23)/t10-/m1/s1. The number of carbonyl (C=O) groups is 1. The van der Waals surface area contributed by atoms with Gasteiger partial charge in [-0.3, -0.25) is 10.2 Å². The van der Waals surface area contributed by atoms with Gasteiger partial charge in [0.1, 0.15) is 4.90 Å². The fourth-order valence-electron chi connectivity index (χ4n) is 2.77. The number of carbonyl (C=O) groups excluding carboxylic acids is 1. The third-order valence-corrected chi connectivity index (χ3v) is 5.45. The molecule has 0 saturated carbocycles. The van der Waals surface area contributed by atoms with Crippen LogP contribution in [0, 0.1) is 0 Å². The van der Waals surface area contributed by atoms with Gasteiger partial charge in [-0.15, -0.1) is 0 Å². The first-order valence-electron chi connectivity index (χ1n) is 7.25. The number of sulfonamides is 1. The average Bonchev–Trinajstić information content (AvgIpc) is 2.83. The average molecular weight is 366 g/mol. The van der Waals surface area contributed by atoms with Crippen molar-refractivity contribution < 1.29 is 13.2 Å². The number of hydrazine groups is 1. The molecule has 1 aliphatic rings. The van der Waals surface area contributed by atoms with Crippen molar-refractivity contribution in [3.8, 4) is 0 Å². The van der Waals surface area contributed by atoms with Gasteiger partial charge in [0.05, 0.1) is 11.1 Å². The lowest BCUT2D eigenvalue weighted by Gasteiger charge is -2.22. The highest BCUT2D eigenvalue weighted by molar-refractivity contribution is 7.89. The first-order valence-corrected chi connectivity index (χ1v) is 9.17. The van der Waals surface area contributed by atoms with E-state index in [-0.39, 0.29) is 21.5 Å². The summed E-state index contributed by atoms with van der Waals surface area (Å²) >= 11 is 5.84. The fraction of sp³-hybridized carbons (Fsp3) is 0.188. The zero-order valence-electron chi connectivity index (χ0n) is 12.9. The van der Waals surface area contributed by atoms with E-state index in [2.05, 4.69) is 5.43 Å². The lowest BCUT2D eigenvalue weighted by atomic mass is 10.1. The summed E-state index contributed by atoms with van der Waals surface area (Å²) in [4.78, 5) is 12.2. The Bertz CT molecular complexity index is 915. The number of halogens is 1. The zero-order valence-corrected chi connectivity index (χ0v) is 14.4. The third-order valence-electron chi connectivity index (χ3n) is 4.06. The predicted molar refractivity (Wildman–Crippen MR) is 90.7 cm³/mol. The lowest BCUT2D eigenvalue weighted by molar-refractivity contribution is 0.0724. The summed E-state index contributed by atoms with van der Waals surface area (Å²) in [6.07, 6.45) is 0. The van der Waals surface area contributed by atoms with E-state index in [1.54, 1.807) is 5.01 Å². The number of benzene rings is 2. The normalized spacial score (nSPS) is 17.5. The molecule has 1 aliphatic heterocycles. The second kappa shape index (κ2) is 6.18. The second-order valence-corrected chi connectivity index (χ2v) is 7.57. The Morgan fingerprint density at radius 2 is 2.00 bits per heavy atom.